The van der Waals surface area contributed by atoms with Gasteiger partial charge in [0, 0.05) is 22.9 Å². The van der Waals surface area contributed by atoms with Crippen LogP contribution in [0.25, 0.3) is 21.7 Å². The van der Waals surface area contributed by atoms with Crippen LogP contribution in [0.3, 0.4) is 0 Å². The van der Waals surface area contributed by atoms with Gasteiger partial charge in [-0.3, -0.25) is 4.79 Å². The molecule has 0 atom stereocenters. The standard InChI is InChI=1S/C31H31NO7/c1-19-27(15-14-25-24-13-12-23(36-2)16-26(24)30(34)39-28(19)25)38-29(33)22-10-8-20(9-11-22)17-32-31(35)37-18-21-6-4-3-5-7-21/h3-7,12-16,20,22H,8-11,17-18H2,1-2H3,(H,32,35). The van der Waals surface area contributed by atoms with E-state index in [0.717, 1.165) is 29.2 Å². The quantitative estimate of drug-likeness (QED) is 0.138. The summed E-state index contributed by atoms with van der Waals surface area (Å²) in [5.74, 6) is 0.719. The largest absolute Gasteiger partial charge is 0.497 e. The summed E-state index contributed by atoms with van der Waals surface area (Å²) in [4.78, 5) is 37.7. The summed E-state index contributed by atoms with van der Waals surface area (Å²) in [6.45, 7) is 2.52. The van der Waals surface area contributed by atoms with E-state index in [9.17, 15) is 14.4 Å². The molecule has 1 fully saturated rings. The number of rotatable bonds is 7. The maximum atomic E-state index is 13.0. The molecule has 4 aromatic rings. The Labute approximate surface area is 225 Å². The molecule has 1 aliphatic carbocycles. The summed E-state index contributed by atoms with van der Waals surface area (Å²) in [6.07, 6.45) is 2.53. The summed E-state index contributed by atoms with van der Waals surface area (Å²) in [7, 11) is 1.54. The molecule has 0 bridgehead atoms. The van der Waals surface area contributed by atoms with E-state index in [4.69, 9.17) is 18.6 Å². The van der Waals surface area contributed by atoms with E-state index in [1.165, 1.54) is 0 Å². The molecule has 1 N–H and O–H groups in total. The molecule has 0 radical (unpaired) electrons. The number of ether oxygens (including phenoxy) is 3. The van der Waals surface area contributed by atoms with Crippen molar-refractivity contribution in [3.05, 3.63) is 82.2 Å². The minimum Gasteiger partial charge on any atom is -0.497 e. The van der Waals surface area contributed by atoms with Crippen molar-refractivity contribution in [2.24, 2.45) is 11.8 Å². The first kappa shape index (κ1) is 26.3. The van der Waals surface area contributed by atoms with Gasteiger partial charge in [-0.15, -0.1) is 0 Å². The first-order valence-corrected chi connectivity index (χ1v) is 13.1. The zero-order valence-corrected chi connectivity index (χ0v) is 22.0. The third-order valence-electron chi connectivity index (χ3n) is 7.43. The molecule has 1 aliphatic rings. The highest BCUT2D eigenvalue weighted by Gasteiger charge is 2.28. The van der Waals surface area contributed by atoms with Gasteiger partial charge in [0.15, 0.2) is 0 Å². The molecule has 1 aromatic heterocycles. The SMILES string of the molecule is COc1ccc2c(c1)c(=O)oc1c(C)c(OC(=O)C3CCC(CNC(=O)OCc4ccccc4)CC3)ccc12. The number of carbonyl (C=O) groups is 2. The third kappa shape index (κ3) is 5.90. The van der Waals surface area contributed by atoms with E-state index in [1.54, 1.807) is 32.2 Å². The molecular formula is C31H31NO7. The van der Waals surface area contributed by atoms with Gasteiger partial charge in [0.2, 0.25) is 0 Å². The second-order valence-electron chi connectivity index (χ2n) is 9.95. The van der Waals surface area contributed by atoms with Gasteiger partial charge in [-0.2, -0.15) is 0 Å². The van der Waals surface area contributed by atoms with E-state index < -0.39 is 11.7 Å². The second-order valence-corrected chi connectivity index (χ2v) is 9.95. The number of nitrogens with one attached hydrogen (secondary N) is 1. The van der Waals surface area contributed by atoms with Crippen molar-refractivity contribution in [1.82, 2.24) is 5.32 Å². The normalized spacial score (nSPS) is 17.1. The van der Waals surface area contributed by atoms with Crippen LogP contribution >= 0.6 is 0 Å². The molecular weight excluding hydrogens is 498 g/mol. The minimum absolute atomic E-state index is 0.225. The number of methoxy groups -OCH3 is 1. The molecule has 5 rings (SSSR count). The van der Waals surface area contributed by atoms with Crippen molar-refractivity contribution in [2.45, 2.75) is 39.2 Å². The molecule has 8 heteroatoms. The molecule has 8 nitrogen and oxygen atoms in total. The lowest BCUT2D eigenvalue weighted by Crippen LogP contribution is -2.33. The number of hydrogen-bond donors (Lipinski definition) is 1. The van der Waals surface area contributed by atoms with Crippen LogP contribution in [0.1, 0.15) is 36.8 Å². The van der Waals surface area contributed by atoms with Crippen LogP contribution in [-0.4, -0.2) is 25.7 Å². The molecule has 202 valence electrons. The van der Waals surface area contributed by atoms with Crippen molar-refractivity contribution in [2.75, 3.05) is 13.7 Å². The van der Waals surface area contributed by atoms with Gasteiger partial charge in [0.05, 0.1) is 18.4 Å². The molecule has 1 saturated carbocycles. The monoisotopic (exact) mass is 529 g/mol. The number of benzene rings is 3. The Morgan fingerprint density at radius 1 is 0.949 bits per heavy atom. The fourth-order valence-corrected chi connectivity index (χ4v) is 5.13. The lowest BCUT2D eigenvalue weighted by atomic mass is 9.82. The molecule has 1 heterocycles. The van der Waals surface area contributed by atoms with Gasteiger partial charge in [0.25, 0.3) is 0 Å². The number of carbonyl (C=O) groups excluding carboxylic acids is 2. The maximum Gasteiger partial charge on any atom is 0.407 e. The lowest BCUT2D eigenvalue weighted by molar-refractivity contribution is -0.140. The van der Waals surface area contributed by atoms with Gasteiger partial charge in [-0.25, -0.2) is 9.59 Å². The van der Waals surface area contributed by atoms with Crippen LogP contribution in [0.15, 0.2) is 69.9 Å². The smallest absolute Gasteiger partial charge is 0.407 e. The van der Waals surface area contributed by atoms with Crippen LogP contribution in [0, 0.1) is 18.8 Å². The summed E-state index contributed by atoms with van der Waals surface area (Å²) in [5, 5.41) is 4.78. The van der Waals surface area contributed by atoms with E-state index in [1.807, 2.05) is 42.5 Å². The molecule has 0 aliphatic heterocycles. The zero-order chi connectivity index (χ0) is 27.4. The summed E-state index contributed by atoms with van der Waals surface area (Å²) in [5.41, 5.74) is 1.46. The van der Waals surface area contributed by atoms with Crippen LogP contribution < -0.4 is 20.4 Å². The molecule has 39 heavy (non-hydrogen) atoms. The maximum absolute atomic E-state index is 13.0. The highest BCUT2D eigenvalue weighted by molar-refractivity contribution is 6.06. The van der Waals surface area contributed by atoms with E-state index in [0.29, 0.717) is 47.4 Å². The number of esters is 1. The Kier molecular flexibility index (Phi) is 7.81. The van der Waals surface area contributed by atoms with Crippen LogP contribution in [0.2, 0.25) is 0 Å². The fraction of sp³-hybridized carbons (Fsp3) is 0.323. The average Bonchev–Trinajstić information content (AvgIpc) is 2.97. The number of amides is 1. The van der Waals surface area contributed by atoms with Gasteiger partial charge in [-0.1, -0.05) is 30.3 Å². The third-order valence-corrected chi connectivity index (χ3v) is 7.43. The Bertz CT molecular complexity index is 1550. The fourth-order valence-electron chi connectivity index (χ4n) is 5.13. The molecule has 1 amide bonds. The van der Waals surface area contributed by atoms with Crippen molar-refractivity contribution < 1.29 is 28.2 Å². The molecule has 3 aromatic carbocycles. The number of alkyl carbamates (subject to hydrolysis) is 1. The van der Waals surface area contributed by atoms with Gasteiger partial charge in [0.1, 0.15) is 23.7 Å². The predicted octanol–water partition coefficient (Wildman–Crippen LogP) is 5.90. The molecule has 0 spiro atoms. The van der Waals surface area contributed by atoms with Gasteiger partial charge in [-0.05, 0) is 74.4 Å². The van der Waals surface area contributed by atoms with Crippen LogP contribution in [-0.2, 0) is 16.1 Å². The Morgan fingerprint density at radius 3 is 2.44 bits per heavy atom. The minimum atomic E-state index is -0.473. The van der Waals surface area contributed by atoms with Gasteiger partial charge < -0.3 is 23.9 Å². The first-order chi connectivity index (χ1) is 18.9. The average molecular weight is 530 g/mol. The van der Waals surface area contributed by atoms with Crippen molar-refractivity contribution in [3.8, 4) is 11.5 Å². The second kappa shape index (κ2) is 11.6. The lowest BCUT2D eigenvalue weighted by Gasteiger charge is -2.27. The van der Waals surface area contributed by atoms with Crippen LogP contribution in [0.5, 0.6) is 11.5 Å². The summed E-state index contributed by atoms with van der Waals surface area (Å²) >= 11 is 0. The topological polar surface area (TPSA) is 104 Å². The van der Waals surface area contributed by atoms with Gasteiger partial charge >= 0.3 is 17.7 Å². The highest BCUT2D eigenvalue weighted by atomic mass is 16.5. The summed E-state index contributed by atoms with van der Waals surface area (Å²) < 4.78 is 21.9. The van der Waals surface area contributed by atoms with Crippen molar-refractivity contribution >= 4 is 33.8 Å². The van der Waals surface area contributed by atoms with Crippen LogP contribution in [0.4, 0.5) is 4.79 Å². The Balaban J connectivity index is 1.16. The molecule has 0 unspecified atom stereocenters. The first-order valence-electron chi connectivity index (χ1n) is 13.1. The zero-order valence-electron chi connectivity index (χ0n) is 22.0. The number of fused-ring (bicyclic) bond motifs is 3. The Hall–Kier alpha value is -4.33. The van der Waals surface area contributed by atoms with Crippen molar-refractivity contribution in [1.29, 1.82) is 0 Å². The Morgan fingerprint density at radius 2 is 1.69 bits per heavy atom. The predicted molar refractivity (Wildman–Crippen MR) is 147 cm³/mol. The summed E-state index contributed by atoms with van der Waals surface area (Å²) in [6, 6.07) is 18.4. The number of hydrogen-bond acceptors (Lipinski definition) is 7. The van der Waals surface area contributed by atoms with E-state index in [2.05, 4.69) is 5.32 Å². The molecule has 0 saturated heterocycles. The van der Waals surface area contributed by atoms with Crippen molar-refractivity contribution in [3.63, 3.8) is 0 Å². The van der Waals surface area contributed by atoms with E-state index >= 15 is 0 Å². The van der Waals surface area contributed by atoms with E-state index in [-0.39, 0.29) is 24.4 Å². The highest BCUT2D eigenvalue weighted by Crippen LogP contribution is 2.34. The number of aryl methyl sites for hydroxylation is 1.